The fourth-order valence-electron chi connectivity index (χ4n) is 4.38. The van der Waals surface area contributed by atoms with Crippen LogP contribution < -0.4 is 8.64 Å². The minimum atomic E-state index is -2.33. The van der Waals surface area contributed by atoms with Gasteiger partial charge in [-0.05, 0) is 0 Å². The Labute approximate surface area is 156 Å². The van der Waals surface area contributed by atoms with Crippen LogP contribution in [-0.2, 0) is 11.2 Å². The van der Waals surface area contributed by atoms with Gasteiger partial charge in [0.25, 0.3) is 0 Å². The van der Waals surface area contributed by atoms with Gasteiger partial charge in [-0.3, -0.25) is 0 Å². The Morgan fingerprint density at radius 2 is 1.84 bits per heavy atom. The zero-order chi connectivity index (χ0) is 17.1. The summed E-state index contributed by atoms with van der Waals surface area (Å²) >= 11 is -1.17. The Kier molecular flexibility index (Phi) is 3.61. The van der Waals surface area contributed by atoms with E-state index in [9.17, 15) is 14.0 Å². The molecule has 1 N–H and O–H groups in total. The summed E-state index contributed by atoms with van der Waals surface area (Å²) in [4.78, 5) is 23.8. The molecular weight excluding hydrogens is 440 g/mol. The van der Waals surface area contributed by atoms with Gasteiger partial charge >= 0.3 is 157 Å². The van der Waals surface area contributed by atoms with Crippen LogP contribution in [0.5, 0.6) is 0 Å². The van der Waals surface area contributed by atoms with Crippen molar-refractivity contribution in [1.82, 2.24) is 5.32 Å². The van der Waals surface area contributed by atoms with Crippen LogP contribution in [0.3, 0.4) is 0 Å². The van der Waals surface area contributed by atoms with E-state index >= 15 is 0 Å². The van der Waals surface area contributed by atoms with E-state index in [4.69, 9.17) is 0 Å². The third-order valence-corrected chi connectivity index (χ3v) is 18.3. The molecule has 0 saturated carbocycles. The first-order chi connectivity index (χ1) is 12.1. The molecule has 4 aliphatic rings. The van der Waals surface area contributed by atoms with E-state index in [1.807, 2.05) is 18.2 Å². The van der Waals surface area contributed by atoms with Crippen molar-refractivity contribution in [3.8, 4) is 0 Å². The van der Waals surface area contributed by atoms with E-state index in [2.05, 4.69) is 23.5 Å². The molecule has 0 aromatic heterocycles. The molecule has 25 heavy (non-hydrogen) atoms. The quantitative estimate of drug-likeness (QED) is 0.778. The van der Waals surface area contributed by atoms with Crippen LogP contribution in [0, 0.1) is 5.82 Å². The molecule has 1 saturated heterocycles. The number of hydrogen-bond acceptors (Lipinski definition) is 3. The van der Waals surface area contributed by atoms with Gasteiger partial charge in [0, 0.05) is 0 Å². The van der Waals surface area contributed by atoms with Crippen LogP contribution in [0.15, 0.2) is 51.9 Å². The first kappa shape index (κ1) is 15.7. The number of halogens is 1. The standard InChI is InChI=1S/C19H13FNO2S.In/c20-16-10-7-13(8-11-16)6-9-15(14-4-2-1-3-5-14)12-17-18(22)21-19(23)24-17;/h1-4,7-8,10-12,17H,6H2,(H,21,22,23);. The van der Waals surface area contributed by atoms with E-state index in [1.54, 1.807) is 0 Å². The molecule has 0 spiro atoms. The number of benzene rings is 2. The second-order valence-corrected chi connectivity index (χ2v) is 16.3. The van der Waals surface area contributed by atoms with E-state index < -0.39 is 21.4 Å². The van der Waals surface area contributed by atoms with Gasteiger partial charge in [0.05, 0.1) is 0 Å². The number of allylic oxidation sites excluding steroid dienone is 2. The van der Waals surface area contributed by atoms with Crippen molar-refractivity contribution in [1.29, 1.82) is 0 Å². The molecule has 0 aliphatic carbocycles. The summed E-state index contributed by atoms with van der Waals surface area (Å²) in [5.74, 6) is -0.354. The van der Waals surface area contributed by atoms with Gasteiger partial charge in [0.15, 0.2) is 0 Å². The maximum absolute atomic E-state index is 13.2. The predicted molar refractivity (Wildman–Crippen MR) is 97.5 cm³/mol. The Morgan fingerprint density at radius 1 is 1.08 bits per heavy atom. The van der Waals surface area contributed by atoms with Crippen molar-refractivity contribution < 1.29 is 14.0 Å². The monoisotopic (exact) mass is 453 g/mol. The van der Waals surface area contributed by atoms with Gasteiger partial charge in [-0.15, -0.1) is 0 Å². The van der Waals surface area contributed by atoms with Crippen LogP contribution >= 0.6 is 11.8 Å². The van der Waals surface area contributed by atoms with Crippen LogP contribution in [0.25, 0.3) is 5.57 Å². The molecule has 122 valence electrons. The Bertz CT molecular complexity index is 956. The van der Waals surface area contributed by atoms with Crippen molar-refractivity contribution >= 4 is 53.2 Å². The fourth-order valence-corrected chi connectivity index (χ4v) is 18.9. The molecule has 2 atom stereocenters. The first-order valence-electron chi connectivity index (χ1n) is 8.21. The number of nitrogens with one attached hydrogen (secondary N) is 1. The van der Waals surface area contributed by atoms with Crippen molar-refractivity contribution in [2.75, 3.05) is 0 Å². The molecule has 4 heterocycles. The molecular formula is C19H13FInNO2S. The molecule has 6 rings (SSSR count). The van der Waals surface area contributed by atoms with Crippen LogP contribution in [0.1, 0.15) is 11.1 Å². The van der Waals surface area contributed by atoms with Crippen LogP contribution in [-0.4, -0.2) is 37.8 Å². The average molecular weight is 453 g/mol. The van der Waals surface area contributed by atoms with E-state index in [-0.39, 0.29) is 25.9 Å². The van der Waals surface area contributed by atoms with Crippen LogP contribution in [0.2, 0.25) is 3.67 Å². The van der Waals surface area contributed by atoms with E-state index in [0.717, 1.165) is 23.7 Å². The summed E-state index contributed by atoms with van der Waals surface area (Å²) in [5, 5.41) is 1.96. The predicted octanol–water partition coefficient (Wildman–Crippen LogP) is 2.81. The summed E-state index contributed by atoms with van der Waals surface area (Å²) in [7, 11) is 0. The SMILES string of the molecule is O=C1NC(=O)C([CH]2C3=[C](Cc4ccc(F)cc4)[In]2[c]2ccccc23)S1. The Hall–Kier alpha value is -1.53. The Morgan fingerprint density at radius 3 is 2.52 bits per heavy atom. The average Bonchev–Trinajstić information content (AvgIpc) is 3.21. The molecule has 1 fully saturated rings. The number of imide groups is 1. The normalized spacial score (nSPS) is 23.6. The molecule has 0 radical (unpaired) electrons. The third kappa shape index (κ3) is 2.34. The van der Waals surface area contributed by atoms with Crippen molar-refractivity contribution in [2.45, 2.75) is 15.3 Å². The molecule has 2 bridgehead atoms. The van der Waals surface area contributed by atoms with Gasteiger partial charge in [-0.25, -0.2) is 0 Å². The van der Waals surface area contributed by atoms with Gasteiger partial charge in [-0.2, -0.15) is 0 Å². The summed E-state index contributed by atoms with van der Waals surface area (Å²) in [6.45, 7) is 0. The number of rotatable bonds is 3. The minimum absolute atomic E-state index is 0.132. The van der Waals surface area contributed by atoms with Crippen LogP contribution in [0.4, 0.5) is 9.18 Å². The number of amides is 2. The summed E-state index contributed by atoms with van der Waals surface area (Å²) < 4.78 is 16.4. The number of thioether (sulfide) groups is 1. The Balaban J connectivity index is 1.53. The summed E-state index contributed by atoms with van der Waals surface area (Å²) in [6, 6.07) is 15.1. The number of hydrogen-bond donors (Lipinski definition) is 1. The second kappa shape index (κ2) is 5.74. The third-order valence-electron chi connectivity index (χ3n) is 5.35. The number of carbonyl (C=O) groups is 2. The van der Waals surface area contributed by atoms with Gasteiger partial charge in [0.2, 0.25) is 0 Å². The topological polar surface area (TPSA) is 46.2 Å². The van der Waals surface area contributed by atoms with Crippen molar-refractivity contribution in [3.05, 3.63) is 68.8 Å². The van der Waals surface area contributed by atoms with Crippen molar-refractivity contribution in [3.63, 3.8) is 0 Å². The molecule has 3 nitrogen and oxygen atoms in total. The van der Waals surface area contributed by atoms with Gasteiger partial charge in [0.1, 0.15) is 0 Å². The first-order valence-corrected chi connectivity index (χ1v) is 14.3. The fraction of sp³-hybridized carbons (Fsp3) is 0.158. The molecule has 2 aromatic rings. The molecule has 2 aromatic carbocycles. The van der Waals surface area contributed by atoms with E-state index in [1.165, 1.54) is 29.9 Å². The second-order valence-electron chi connectivity index (χ2n) is 6.65. The zero-order valence-corrected chi connectivity index (χ0v) is 17.3. The molecule has 2 unspecified atom stereocenters. The van der Waals surface area contributed by atoms with E-state index in [0.29, 0.717) is 0 Å². The summed E-state index contributed by atoms with van der Waals surface area (Å²) in [6.07, 6.45) is 0.842. The molecule has 6 heteroatoms. The maximum atomic E-state index is 13.2. The summed E-state index contributed by atoms with van der Waals surface area (Å²) in [5.41, 5.74) is 3.70. The molecule has 2 amide bonds. The van der Waals surface area contributed by atoms with Gasteiger partial charge in [-0.1, -0.05) is 0 Å². The van der Waals surface area contributed by atoms with Gasteiger partial charge < -0.3 is 0 Å². The number of carbonyl (C=O) groups excluding carboxylic acids is 2. The molecule has 4 aliphatic heterocycles. The zero-order valence-electron chi connectivity index (χ0n) is 13.2. The van der Waals surface area contributed by atoms with Crippen molar-refractivity contribution in [2.24, 2.45) is 0 Å².